The summed E-state index contributed by atoms with van der Waals surface area (Å²) in [5, 5.41) is 1.82. The second kappa shape index (κ2) is 8.07. The predicted molar refractivity (Wildman–Crippen MR) is 90.0 cm³/mol. The fourth-order valence-electron chi connectivity index (χ4n) is 1.98. The van der Waals surface area contributed by atoms with Gasteiger partial charge >= 0.3 is 12.0 Å². The van der Waals surface area contributed by atoms with E-state index in [1.54, 1.807) is 13.0 Å². The third kappa shape index (κ3) is 3.89. The topological polar surface area (TPSA) is 84.4 Å². The molecule has 0 aliphatic rings. The second-order valence-corrected chi connectivity index (χ2v) is 5.72. The van der Waals surface area contributed by atoms with Gasteiger partial charge in [-0.2, -0.15) is 0 Å². The Morgan fingerprint density at radius 3 is 2.83 bits per heavy atom. The molecule has 2 aromatic rings. The van der Waals surface area contributed by atoms with Gasteiger partial charge < -0.3 is 4.74 Å². The highest BCUT2D eigenvalue weighted by molar-refractivity contribution is 7.16. The molecule has 0 spiro atoms. The van der Waals surface area contributed by atoms with Crippen molar-refractivity contribution in [3.63, 3.8) is 0 Å². The van der Waals surface area contributed by atoms with E-state index in [0.717, 1.165) is 12.8 Å². The Balaban J connectivity index is 2.54. The summed E-state index contributed by atoms with van der Waals surface area (Å²) in [5.41, 5.74) is 0.595. The summed E-state index contributed by atoms with van der Waals surface area (Å²) >= 11 is 6.84. The smallest absolute Gasteiger partial charge is 0.360 e. The molecule has 9 heteroatoms. The average molecular weight is 357 g/mol. The normalized spacial score (nSPS) is 10.6. The summed E-state index contributed by atoms with van der Waals surface area (Å²) in [7, 11) is 0. The van der Waals surface area contributed by atoms with Crippen LogP contribution in [0.5, 0.6) is 0 Å². The van der Waals surface area contributed by atoms with E-state index in [0.29, 0.717) is 16.9 Å². The van der Waals surface area contributed by atoms with Crippen LogP contribution in [0.4, 0.5) is 10.6 Å². The molecule has 0 saturated heterocycles. The van der Waals surface area contributed by atoms with Crippen LogP contribution in [0.15, 0.2) is 11.4 Å². The van der Waals surface area contributed by atoms with Crippen molar-refractivity contribution in [3.05, 3.63) is 17.1 Å². The first-order valence-corrected chi connectivity index (χ1v) is 8.48. The summed E-state index contributed by atoms with van der Waals surface area (Å²) in [6.45, 7) is 4.27. The number of esters is 1. The highest BCUT2D eigenvalue weighted by atomic mass is 35.5. The average Bonchev–Trinajstić information content (AvgIpc) is 3.01. The number of carbonyl (C=O) groups is 2. The van der Waals surface area contributed by atoms with Crippen molar-refractivity contribution < 1.29 is 14.3 Å². The second-order valence-electron chi connectivity index (χ2n) is 4.63. The summed E-state index contributed by atoms with van der Waals surface area (Å²) < 4.78 is 5.03. The Morgan fingerprint density at radius 2 is 2.17 bits per heavy atom. The predicted octanol–water partition coefficient (Wildman–Crippen LogP) is 3.34. The third-order valence-corrected chi connectivity index (χ3v) is 4.02. The van der Waals surface area contributed by atoms with Gasteiger partial charge in [0.15, 0.2) is 11.5 Å². The first kappa shape index (κ1) is 17.4. The molecule has 2 aromatic heterocycles. The van der Waals surface area contributed by atoms with Gasteiger partial charge in [0.25, 0.3) is 0 Å². The number of rotatable bonds is 6. The quantitative estimate of drug-likeness (QED) is 0.633. The van der Waals surface area contributed by atoms with Crippen LogP contribution in [0.2, 0.25) is 0 Å². The lowest BCUT2D eigenvalue weighted by Gasteiger charge is -2.21. The Labute approximate surface area is 142 Å². The van der Waals surface area contributed by atoms with Gasteiger partial charge in [0, 0.05) is 18.3 Å². The summed E-state index contributed by atoms with van der Waals surface area (Å²) in [5.74, 6) is -0.461. The molecule has 0 radical (unpaired) electrons. The molecule has 0 aliphatic carbocycles. The van der Waals surface area contributed by atoms with E-state index in [9.17, 15) is 9.59 Å². The first-order chi connectivity index (χ1) is 11.1. The van der Waals surface area contributed by atoms with Crippen LogP contribution in [0.25, 0.3) is 10.3 Å². The van der Waals surface area contributed by atoms with Gasteiger partial charge in [-0.25, -0.2) is 24.4 Å². The lowest BCUT2D eigenvalue weighted by atomic mass is 10.3. The van der Waals surface area contributed by atoms with Crippen molar-refractivity contribution in [3.8, 4) is 0 Å². The number of nitrogens with zero attached hydrogens (tertiary/aromatic N) is 3. The van der Waals surface area contributed by atoms with Crippen LogP contribution in [-0.4, -0.2) is 35.1 Å². The number of unbranched alkanes of at least 4 members (excludes halogenated alkanes) is 1. The molecular formula is C14H17ClN4O3S. The van der Waals surface area contributed by atoms with Crippen molar-refractivity contribution in [2.75, 3.05) is 18.1 Å². The molecule has 124 valence electrons. The number of halogens is 1. The number of urea groups is 1. The highest BCUT2D eigenvalue weighted by Crippen LogP contribution is 2.25. The number of hydrogen-bond donors (Lipinski definition) is 1. The summed E-state index contributed by atoms with van der Waals surface area (Å²) in [6, 6.07) is 1.20. The Hall–Kier alpha value is -1.93. The molecular weight excluding hydrogens is 340 g/mol. The molecule has 7 nitrogen and oxygen atoms in total. The highest BCUT2D eigenvalue weighted by Gasteiger charge is 2.26. The van der Waals surface area contributed by atoms with Gasteiger partial charge in [0.05, 0.1) is 6.61 Å². The zero-order valence-electron chi connectivity index (χ0n) is 12.8. The number of fused-ring (bicyclic) bond motifs is 1. The minimum absolute atomic E-state index is 0.00844. The number of thiophene rings is 1. The molecule has 23 heavy (non-hydrogen) atoms. The van der Waals surface area contributed by atoms with E-state index in [2.05, 4.69) is 14.8 Å². The molecule has 0 atom stereocenters. The van der Waals surface area contributed by atoms with Gasteiger partial charge in [-0.3, -0.25) is 4.90 Å². The largest absolute Gasteiger partial charge is 0.461 e. The summed E-state index contributed by atoms with van der Waals surface area (Å²) in [6.07, 6.45) is 1.60. The standard InChI is InChI=1S/C14H17ClN4O3S/c1-3-5-7-19(14(21)18-15)11-10(13(20)22-4-2)16-9-6-8-23-12(9)17-11/h6,8H,3-5,7H2,1-2H3,(H,18,21). The molecule has 0 unspecified atom stereocenters. The SMILES string of the molecule is CCCCN(C(=O)NCl)c1nc2sccc2nc1C(=O)OCC. The van der Waals surface area contributed by atoms with Crippen LogP contribution < -0.4 is 9.74 Å². The Kier molecular flexibility index (Phi) is 6.12. The molecule has 0 saturated carbocycles. The van der Waals surface area contributed by atoms with Crippen molar-refractivity contribution in [1.29, 1.82) is 0 Å². The van der Waals surface area contributed by atoms with Gasteiger partial charge in [0.2, 0.25) is 0 Å². The van der Waals surface area contributed by atoms with E-state index in [1.165, 1.54) is 16.2 Å². The lowest BCUT2D eigenvalue weighted by molar-refractivity contribution is 0.0520. The maximum Gasteiger partial charge on any atom is 0.360 e. The maximum atomic E-state index is 12.2. The number of hydrogen-bond acceptors (Lipinski definition) is 6. The molecule has 2 amide bonds. The lowest BCUT2D eigenvalue weighted by Crippen LogP contribution is -2.38. The molecule has 0 bridgehead atoms. The van der Waals surface area contributed by atoms with Crippen LogP contribution in [0.3, 0.4) is 0 Å². The number of amides is 2. The van der Waals surface area contributed by atoms with Gasteiger partial charge in [0.1, 0.15) is 10.3 Å². The molecule has 0 aliphatic heterocycles. The van der Waals surface area contributed by atoms with Crippen molar-refractivity contribution in [1.82, 2.24) is 14.8 Å². The van der Waals surface area contributed by atoms with E-state index in [4.69, 9.17) is 16.5 Å². The number of aromatic nitrogens is 2. The number of ether oxygens (including phenoxy) is 1. The maximum absolute atomic E-state index is 12.2. The molecule has 0 fully saturated rings. The van der Waals surface area contributed by atoms with Crippen LogP contribution >= 0.6 is 23.1 Å². The van der Waals surface area contributed by atoms with E-state index < -0.39 is 12.0 Å². The number of anilines is 1. The number of carbonyl (C=O) groups excluding carboxylic acids is 2. The van der Waals surface area contributed by atoms with Gasteiger partial charge in [-0.05, 0) is 24.8 Å². The minimum atomic E-state index is -0.619. The third-order valence-electron chi connectivity index (χ3n) is 3.06. The monoisotopic (exact) mass is 356 g/mol. The van der Waals surface area contributed by atoms with Crippen molar-refractivity contribution in [2.45, 2.75) is 26.7 Å². The minimum Gasteiger partial charge on any atom is -0.461 e. The number of nitrogens with one attached hydrogen (secondary N) is 1. The molecule has 2 heterocycles. The molecule has 1 N–H and O–H groups in total. The Morgan fingerprint density at radius 1 is 1.39 bits per heavy atom. The van der Waals surface area contributed by atoms with Crippen LogP contribution in [0.1, 0.15) is 37.2 Å². The van der Waals surface area contributed by atoms with Crippen molar-refractivity contribution >= 4 is 51.3 Å². The summed E-state index contributed by atoms with van der Waals surface area (Å²) in [4.78, 5) is 37.0. The fourth-order valence-corrected chi connectivity index (χ4v) is 2.78. The van der Waals surface area contributed by atoms with E-state index in [1.807, 2.05) is 12.3 Å². The van der Waals surface area contributed by atoms with Gasteiger partial charge in [-0.1, -0.05) is 13.3 Å². The van der Waals surface area contributed by atoms with Crippen LogP contribution in [0, 0.1) is 0 Å². The van der Waals surface area contributed by atoms with E-state index >= 15 is 0 Å². The molecule has 2 rings (SSSR count). The van der Waals surface area contributed by atoms with Gasteiger partial charge in [-0.15, -0.1) is 11.3 Å². The first-order valence-electron chi connectivity index (χ1n) is 7.22. The Bertz CT molecular complexity index is 706. The zero-order chi connectivity index (χ0) is 16.8. The fraction of sp³-hybridized carbons (Fsp3) is 0.429. The van der Waals surface area contributed by atoms with Crippen LogP contribution in [-0.2, 0) is 4.74 Å². The molecule has 0 aromatic carbocycles. The van der Waals surface area contributed by atoms with E-state index in [-0.39, 0.29) is 18.1 Å². The van der Waals surface area contributed by atoms with Crippen molar-refractivity contribution in [2.24, 2.45) is 0 Å². The zero-order valence-corrected chi connectivity index (χ0v) is 14.4.